The third kappa shape index (κ3) is 4.95. The van der Waals surface area contributed by atoms with Crippen LogP contribution in [0, 0.1) is 13.8 Å². The van der Waals surface area contributed by atoms with Crippen LogP contribution < -0.4 is 5.32 Å². The maximum absolute atomic E-state index is 12.9. The van der Waals surface area contributed by atoms with Gasteiger partial charge in [0.15, 0.2) is 0 Å². The highest BCUT2D eigenvalue weighted by Crippen LogP contribution is 2.29. The maximum atomic E-state index is 12.9. The fourth-order valence-corrected chi connectivity index (χ4v) is 5.38. The fraction of sp³-hybridized carbons (Fsp3) is 0.474. The summed E-state index contributed by atoms with van der Waals surface area (Å²) in [6.07, 6.45) is 2.71. The molecule has 1 aliphatic rings. The molecular formula is C19H25N3O4S2. The van der Waals surface area contributed by atoms with Gasteiger partial charge in [-0.2, -0.15) is 0 Å². The van der Waals surface area contributed by atoms with Gasteiger partial charge in [-0.05, 0) is 38.8 Å². The van der Waals surface area contributed by atoms with E-state index in [1.165, 1.54) is 10.6 Å². The van der Waals surface area contributed by atoms with E-state index in [-0.39, 0.29) is 11.9 Å². The van der Waals surface area contributed by atoms with Crippen molar-refractivity contribution in [3.8, 4) is 0 Å². The number of thioether (sulfide) groups is 1. The smallest absolute Gasteiger partial charge is 0.252 e. The van der Waals surface area contributed by atoms with E-state index >= 15 is 0 Å². The van der Waals surface area contributed by atoms with E-state index < -0.39 is 10.0 Å². The SMILES string of the molecule is Cc1noc(C)c1CSc1ccccc1C(=O)NC1CCCN(S(C)(=O)=O)C1. The first kappa shape index (κ1) is 20.9. The molecule has 2 aromatic rings. The number of nitrogens with zero attached hydrogens (tertiary/aromatic N) is 2. The lowest BCUT2D eigenvalue weighted by atomic mass is 10.1. The molecule has 0 spiro atoms. The molecule has 0 aliphatic carbocycles. The first-order valence-electron chi connectivity index (χ1n) is 9.15. The summed E-state index contributed by atoms with van der Waals surface area (Å²) in [4.78, 5) is 13.7. The molecule has 9 heteroatoms. The average Bonchev–Trinajstić information content (AvgIpc) is 2.97. The Balaban J connectivity index is 1.69. The Kier molecular flexibility index (Phi) is 6.47. The summed E-state index contributed by atoms with van der Waals surface area (Å²) in [6, 6.07) is 7.26. The predicted molar refractivity (Wildman–Crippen MR) is 109 cm³/mol. The Morgan fingerprint density at radius 2 is 2.11 bits per heavy atom. The summed E-state index contributed by atoms with van der Waals surface area (Å²) in [6.45, 7) is 4.61. The quantitative estimate of drug-likeness (QED) is 0.718. The minimum absolute atomic E-state index is 0.179. The van der Waals surface area contributed by atoms with Gasteiger partial charge in [-0.25, -0.2) is 12.7 Å². The molecule has 1 aromatic carbocycles. The van der Waals surface area contributed by atoms with Crippen molar-refractivity contribution in [1.29, 1.82) is 0 Å². The maximum Gasteiger partial charge on any atom is 0.252 e. The third-order valence-electron chi connectivity index (χ3n) is 4.87. The van der Waals surface area contributed by atoms with Gasteiger partial charge < -0.3 is 9.84 Å². The molecule has 0 saturated carbocycles. The molecule has 152 valence electrons. The lowest BCUT2D eigenvalue weighted by molar-refractivity contribution is 0.0918. The molecule has 3 rings (SSSR count). The number of aryl methyl sites for hydroxylation is 2. The standard InChI is InChI=1S/C19H25N3O4S2/c1-13-17(14(2)26-21-13)12-27-18-9-5-4-8-16(18)19(23)20-15-7-6-10-22(11-15)28(3,24)25/h4-5,8-9,15H,6-7,10-12H2,1-3H3,(H,20,23). The van der Waals surface area contributed by atoms with E-state index in [9.17, 15) is 13.2 Å². The number of amides is 1. The number of piperidine rings is 1. The molecule has 1 aliphatic heterocycles. The Morgan fingerprint density at radius 3 is 2.79 bits per heavy atom. The minimum atomic E-state index is -3.25. The van der Waals surface area contributed by atoms with Crippen molar-refractivity contribution in [2.45, 2.75) is 43.4 Å². The summed E-state index contributed by atoms with van der Waals surface area (Å²) >= 11 is 1.56. The first-order valence-corrected chi connectivity index (χ1v) is 12.0. The van der Waals surface area contributed by atoms with Crippen LogP contribution >= 0.6 is 11.8 Å². The monoisotopic (exact) mass is 423 g/mol. The van der Waals surface area contributed by atoms with Crippen molar-refractivity contribution in [1.82, 2.24) is 14.8 Å². The van der Waals surface area contributed by atoms with Gasteiger partial charge in [0.1, 0.15) is 5.76 Å². The highest BCUT2D eigenvalue weighted by Gasteiger charge is 2.27. The lowest BCUT2D eigenvalue weighted by Gasteiger charge is -2.31. The summed E-state index contributed by atoms with van der Waals surface area (Å²) in [5, 5.41) is 6.97. The van der Waals surface area contributed by atoms with Crippen molar-refractivity contribution in [3.63, 3.8) is 0 Å². The molecule has 1 aromatic heterocycles. The summed E-state index contributed by atoms with van der Waals surface area (Å²) < 4.78 is 30.2. The van der Waals surface area contributed by atoms with Gasteiger partial charge in [0.05, 0.1) is 17.5 Å². The Morgan fingerprint density at radius 1 is 1.36 bits per heavy atom. The summed E-state index contributed by atoms with van der Waals surface area (Å²) in [7, 11) is -3.25. The van der Waals surface area contributed by atoms with Crippen LogP contribution in [0.5, 0.6) is 0 Å². The number of aromatic nitrogens is 1. The van der Waals surface area contributed by atoms with E-state index in [0.717, 1.165) is 34.8 Å². The van der Waals surface area contributed by atoms with Gasteiger partial charge in [-0.15, -0.1) is 11.8 Å². The van der Waals surface area contributed by atoms with Gasteiger partial charge in [0.25, 0.3) is 5.91 Å². The zero-order valence-corrected chi connectivity index (χ0v) is 17.9. The number of hydrogen-bond acceptors (Lipinski definition) is 6. The Bertz CT molecular complexity index is 936. The topological polar surface area (TPSA) is 92.5 Å². The van der Waals surface area contributed by atoms with E-state index in [0.29, 0.717) is 24.4 Å². The minimum Gasteiger partial charge on any atom is -0.361 e. The molecule has 0 bridgehead atoms. The van der Waals surface area contributed by atoms with E-state index in [4.69, 9.17) is 4.52 Å². The van der Waals surface area contributed by atoms with Crippen molar-refractivity contribution < 1.29 is 17.7 Å². The molecule has 0 radical (unpaired) electrons. The number of nitrogens with one attached hydrogen (secondary N) is 1. The van der Waals surface area contributed by atoms with E-state index in [1.54, 1.807) is 17.8 Å². The number of benzene rings is 1. The largest absolute Gasteiger partial charge is 0.361 e. The van der Waals surface area contributed by atoms with Gasteiger partial charge >= 0.3 is 0 Å². The van der Waals surface area contributed by atoms with Crippen LogP contribution in [-0.4, -0.2) is 49.2 Å². The molecule has 1 atom stereocenters. The second-order valence-electron chi connectivity index (χ2n) is 7.02. The normalized spacial score (nSPS) is 18.2. The third-order valence-corrected chi connectivity index (χ3v) is 7.24. The van der Waals surface area contributed by atoms with Crippen LogP contribution in [0.4, 0.5) is 0 Å². The lowest BCUT2D eigenvalue weighted by Crippen LogP contribution is -2.49. The Labute approximate surface area is 169 Å². The summed E-state index contributed by atoms with van der Waals surface area (Å²) in [5.74, 6) is 1.27. The second kappa shape index (κ2) is 8.67. The van der Waals surface area contributed by atoms with Gasteiger partial charge in [-0.1, -0.05) is 17.3 Å². The van der Waals surface area contributed by atoms with Crippen LogP contribution in [0.1, 0.15) is 40.2 Å². The molecule has 1 N–H and O–H groups in total. The second-order valence-corrected chi connectivity index (χ2v) is 10.0. The number of carbonyl (C=O) groups excluding carboxylic acids is 1. The molecular weight excluding hydrogens is 398 g/mol. The van der Waals surface area contributed by atoms with Crippen molar-refractivity contribution in [3.05, 3.63) is 46.8 Å². The van der Waals surface area contributed by atoms with Crippen molar-refractivity contribution in [2.75, 3.05) is 19.3 Å². The molecule has 7 nitrogen and oxygen atoms in total. The average molecular weight is 424 g/mol. The van der Waals surface area contributed by atoms with Crippen molar-refractivity contribution in [2.24, 2.45) is 0 Å². The van der Waals surface area contributed by atoms with Crippen LogP contribution in [0.15, 0.2) is 33.7 Å². The van der Waals surface area contributed by atoms with Gasteiger partial charge in [-0.3, -0.25) is 4.79 Å². The summed E-state index contributed by atoms with van der Waals surface area (Å²) in [5.41, 5.74) is 2.49. The fourth-order valence-electron chi connectivity index (χ4n) is 3.26. The number of rotatable bonds is 6. The predicted octanol–water partition coefficient (Wildman–Crippen LogP) is 2.74. The van der Waals surface area contributed by atoms with Crippen LogP contribution in [-0.2, 0) is 15.8 Å². The molecule has 1 fully saturated rings. The zero-order chi connectivity index (χ0) is 20.3. The van der Waals surface area contributed by atoms with Crippen molar-refractivity contribution >= 4 is 27.7 Å². The Hall–Kier alpha value is -1.84. The molecule has 28 heavy (non-hydrogen) atoms. The van der Waals surface area contributed by atoms with Crippen LogP contribution in [0.25, 0.3) is 0 Å². The number of sulfonamides is 1. The van der Waals surface area contributed by atoms with Gasteiger partial charge in [0.2, 0.25) is 10.0 Å². The molecule has 1 unspecified atom stereocenters. The van der Waals surface area contributed by atoms with E-state index in [1.807, 2.05) is 32.0 Å². The van der Waals surface area contributed by atoms with Crippen LogP contribution in [0.3, 0.4) is 0 Å². The molecule has 2 heterocycles. The molecule has 1 saturated heterocycles. The number of hydrogen-bond donors (Lipinski definition) is 1. The first-order chi connectivity index (χ1) is 13.3. The van der Waals surface area contributed by atoms with Crippen LogP contribution in [0.2, 0.25) is 0 Å². The highest BCUT2D eigenvalue weighted by molar-refractivity contribution is 7.98. The highest BCUT2D eigenvalue weighted by atomic mass is 32.2. The van der Waals surface area contributed by atoms with E-state index in [2.05, 4.69) is 10.5 Å². The zero-order valence-electron chi connectivity index (χ0n) is 16.3. The number of carbonyl (C=O) groups is 1. The van der Waals surface area contributed by atoms with Gasteiger partial charge in [0, 0.05) is 35.3 Å². The molecule has 1 amide bonds.